The molecule has 1 atom stereocenters. The summed E-state index contributed by atoms with van der Waals surface area (Å²) in [4.78, 5) is 20.7. The topological polar surface area (TPSA) is 75.4 Å². The van der Waals surface area contributed by atoms with E-state index in [0.29, 0.717) is 6.42 Å². The standard InChI is InChI=1S/C13H23N5OS/c1-3-11-15-13(20-16-11)18-6-4-5-17(7-8-18)12(19)9-10(2)14/h10H,3-9,14H2,1-2H3. The summed E-state index contributed by atoms with van der Waals surface area (Å²) in [5.41, 5.74) is 5.70. The van der Waals surface area contributed by atoms with Gasteiger partial charge in [-0.05, 0) is 13.3 Å². The zero-order valence-corrected chi connectivity index (χ0v) is 13.0. The van der Waals surface area contributed by atoms with Gasteiger partial charge in [0, 0.05) is 56.6 Å². The van der Waals surface area contributed by atoms with Crippen molar-refractivity contribution in [3.05, 3.63) is 5.82 Å². The number of rotatable bonds is 4. The Morgan fingerprint density at radius 3 is 2.85 bits per heavy atom. The number of carbonyl (C=O) groups is 1. The SMILES string of the molecule is CCc1nsc(N2CCCN(C(=O)CC(C)N)CC2)n1. The predicted octanol–water partition coefficient (Wildman–Crippen LogP) is 0.877. The van der Waals surface area contributed by atoms with E-state index in [0.717, 1.165) is 50.0 Å². The Balaban J connectivity index is 1.93. The summed E-state index contributed by atoms with van der Waals surface area (Å²) in [6.45, 7) is 7.23. The molecule has 1 aliphatic rings. The summed E-state index contributed by atoms with van der Waals surface area (Å²) in [5.74, 6) is 1.06. The van der Waals surface area contributed by atoms with Gasteiger partial charge in [-0.2, -0.15) is 4.37 Å². The van der Waals surface area contributed by atoms with Crippen LogP contribution < -0.4 is 10.6 Å². The van der Waals surface area contributed by atoms with Crippen LogP contribution in [0.1, 0.15) is 32.5 Å². The van der Waals surface area contributed by atoms with Gasteiger partial charge in [0.05, 0.1) is 0 Å². The molecule has 0 aliphatic carbocycles. The minimum absolute atomic E-state index is 0.0721. The first-order valence-electron chi connectivity index (χ1n) is 7.21. The Bertz CT molecular complexity index is 448. The van der Waals surface area contributed by atoms with Crippen molar-refractivity contribution in [1.29, 1.82) is 0 Å². The first kappa shape index (κ1) is 15.2. The van der Waals surface area contributed by atoms with E-state index in [2.05, 4.69) is 21.2 Å². The molecule has 6 nitrogen and oxygen atoms in total. The van der Waals surface area contributed by atoms with Gasteiger partial charge in [0.15, 0.2) is 0 Å². The summed E-state index contributed by atoms with van der Waals surface area (Å²) < 4.78 is 4.33. The first-order valence-corrected chi connectivity index (χ1v) is 7.98. The Labute approximate surface area is 124 Å². The number of aromatic nitrogens is 2. The van der Waals surface area contributed by atoms with Crippen molar-refractivity contribution in [2.75, 3.05) is 31.1 Å². The maximum atomic E-state index is 12.1. The van der Waals surface area contributed by atoms with Crippen LogP contribution >= 0.6 is 11.5 Å². The van der Waals surface area contributed by atoms with Gasteiger partial charge in [-0.25, -0.2) is 4.98 Å². The molecule has 1 aromatic heterocycles. The van der Waals surface area contributed by atoms with Crippen molar-refractivity contribution >= 4 is 22.6 Å². The molecule has 7 heteroatoms. The normalized spacial score (nSPS) is 17.9. The molecule has 1 fully saturated rings. The number of aryl methyl sites for hydroxylation is 1. The average Bonchev–Trinajstić information content (AvgIpc) is 2.74. The fourth-order valence-corrected chi connectivity index (χ4v) is 3.08. The summed E-state index contributed by atoms with van der Waals surface area (Å²) in [5, 5.41) is 0.975. The predicted molar refractivity (Wildman–Crippen MR) is 81.0 cm³/mol. The van der Waals surface area contributed by atoms with Crippen molar-refractivity contribution in [2.24, 2.45) is 5.73 Å². The summed E-state index contributed by atoms with van der Waals surface area (Å²) in [6, 6.07) is -0.0721. The second-order valence-corrected chi connectivity index (χ2v) is 5.98. The van der Waals surface area contributed by atoms with Gasteiger partial charge >= 0.3 is 0 Å². The van der Waals surface area contributed by atoms with Crippen LogP contribution in [-0.4, -0.2) is 52.4 Å². The number of carbonyl (C=O) groups excluding carboxylic acids is 1. The molecule has 20 heavy (non-hydrogen) atoms. The van der Waals surface area contributed by atoms with E-state index in [1.165, 1.54) is 11.5 Å². The highest BCUT2D eigenvalue weighted by molar-refractivity contribution is 7.09. The van der Waals surface area contributed by atoms with Gasteiger partial charge in [0.1, 0.15) is 5.82 Å². The minimum atomic E-state index is -0.0721. The number of hydrogen-bond acceptors (Lipinski definition) is 6. The van der Waals surface area contributed by atoms with Crippen LogP contribution in [0.5, 0.6) is 0 Å². The van der Waals surface area contributed by atoms with Crippen LogP contribution in [0.25, 0.3) is 0 Å². The quantitative estimate of drug-likeness (QED) is 0.893. The molecule has 1 aromatic rings. The molecule has 0 spiro atoms. The number of anilines is 1. The Kier molecular flexibility index (Phi) is 5.31. The zero-order chi connectivity index (χ0) is 14.5. The average molecular weight is 297 g/mol. The Morgan fingerprint density at radius 2 is 2.20 bits per heavy atom. The van der Waals surface area contributed by atoms with Crippen LogP contribution in [0.3, 0.4) is 0 Å². The van der Waals surface area contributed by atoms with Crippen LogP contribution in [0.2, 0.25) is 0 Å². The van der Waals surface area contributed by atoms with Crippen molar-refractivity contribution < 1.29 is 4.79 Å². The molecule has 2 rings (SSSR count). The van der Waals surface area contributed by atoms with Crippen LogP contribution in [0.4, 0.5) is 5.13 Å². The van der Waals surface area contributed by atoms with Gasteiger partial charge in [-0.3, -0.25) is 4.79 Å². The van der Waals surface area contributed by atoms with Crippen LogP contribution in [0.15, 0.2) is 0 Å². The molecule has 2 heterocycles. The lowest BCUT2D eigenvalue weighted by Crippen LogP contribution is -2.37. The molecule has 0 radical (unpaired) electrons. The molecule has 1 aliphatic heterocycles. The number of hydrogen-bond donors (Lipinski definition) is 1. The highest BCUT2D eigenvalue weighted by Gasteiger charge is 2.21. The van der Waals surface area contributed by atoms with Crippen LogP contribution in [-0.2, 0) is 11.2 Å². The van der Waals surface area contributed by atoms with E-state index in [9.17, 15) is 4.79 Å². The maximum absolute atomic E-state index is 12.1. The zero-order valence-electron chi connectivity index (χ0n) is 12.2. The lowest BCUT2D eigenvalue weighted by Gasteiger charge is -2.22. The Hall–Kier alpha value is -1.21. The highest BCUT2D eigenvalue weighted by atomic mass is 32.1. The van der Waals surface area contributed by atoms with Crippen LogP contribution in [0, 0.1) is 0 Å². The molecular formula is C13H23N5OS. The van der Waals surface area contributed by atoms with Crippen molar-refractivity contribution in [1.82, 2.24) is 14.3 Å². The molecule has 0 saturated carbocycles. The molecule has 1 unspecified atom stereocenters. The highest BCUT2D eigenvalue weighted by Crippen LogP contribution is 2.19. The van der Waals surface area contributed by atoms with E-state index < -0.39 is 0 Å². The number of amides is 1. The first-order chi connectivity index (χ1) is 9.60. The van der Waals surface area contributed by atoms with Crippen molar-refractivity contribution in [3.63, 3.8) is 0 Å². The molecule has 0 aromatic carbocycles. The van der Waals surface area contributed by atoms with Gasteiger partial charge in [0.25, 0.3) is 0 Å². The van der Waals surface area contributed by atoms with E-state index in [-0.39, 0.29) is 11.9 Å². The lowest BCUT2D eigenvalue weighted by atomic mass is 10.2. The Morgan fingerprint density at radius 1 is 1.40 bits per heavy atom. The molecule has 0 bridgehead atoms. The minimum Gasteiger partial charge on any atom is -0.345 e. The van der Waals surface area contributed by atoms with E-state index in [1.54, 1.807) is 0 Å². The molecule has 112 valence electrons. The largest absolute Gasteiger partial charge is 0.345 e. The molecule has 2 N–H and O–H groups in total. The fourth-order valence-electron chi connectivity index (χ4n) is 2.28. The molecule has 1 amide bonds. The van der Waals surface area contributed by atoms with Gasteiger partial charge in [-0.15, -0.1) is 0 Å². The second-order valence-electron chi connectivity index (χ2n) is 5.25. The third-order valence-electron chi connectivity index (χ3n) is 3.39. The van der Waals surface area contributed by atoms with Crippen molar-refractivity contribution in [3.8, 4) is 0 Å². The summed E-state index contributed by atoms with van der Waals surface area (Å²) in [7, 11) is 0. The fraction of sp³-hybridized carbons (Fsp3) is 0.769. The summed E-state index contributed by atoms with van der Waals surface area (Å²) >= 11 is 1.45. The van der Waals surface area contributed by atoms with Gasteiger partial charge in [-0.1, -0.05) is 6.92 Å². The maximum Gasteiger partial charge on any atom is 0.224 e. The smallest absolute Gasteiger partial charge is 0.224 e. The van der Waals surface area contributed by atoms with E-state index in [1.807, 2.05) is 11.8 Å². The van der Waals surface area contributed by atoms with Gasteiger partial charge in [0.2, 0.25) is 11.0 Å². The summed E-state index contributed by atoms with van der Waals surface area (Å²) in [6.07, 6.45) is 2.26. The van der Waals surface area contributed by atoms with E-state index >= 15 is 0 Å². The second kappa shape index (κ2) is 6.99. The monoisotopic (exact) mass is 297 g/mol. The van der Waals surface area contributed by atoms with Gasteiger partial charge < -0.3 is 15.5 Å². The third kappa shape index (κ3) is 3.89. The molecule has 1 saturated heterocycles. The lowest BCUT2D eigenvalue weighted by molar-refractivity contribution is -0.131. The molecular weight excluding hydrogens is 274 g/mol. The third-order valence-corrected chi connectivity index (χ3v) is 4.20. The number of nitrogens with zero attached hydrogens (tertiary/aromatic N) is 4. The van der Waals surface area contributed by atoms with Crippen molar-refractivity contribution in [2.45, 2.75) is 39.2 Å². The van der Waals surface area contributed by atoms with E-state index in [4.69, 9.17) is 5.73 Å². The number of nitrogens with two attached hydrogens (primary N) is 1.